The number of rotatable bonds is 2. The minimum Gasteiger partial charge on any atom is -0.493 e. The van der Waals surface area contributed by atoms with Crippen LogP contribution in [0.15, 0.2) is 18.2 Å². The summed E-state index contributed by atoms with van der Waals surface area (Å²) in [4.78, 5) is 11.0. The van der Waals surface area contributed by atoms with Gasteiger partial charge in [0.2, 0.25) is 0 Å². The molecule has 1 aliphatic rings. The van der Waals surface area contributed by atoms with E-state index in [0.717, 1.165) is 0 Å². The third-order valence-electron chi connectivity index (χ3n) is 2.54. The lowest BCUT2D eigenvalue weighted by Crippen LogP contribution is -2.19. The highest BCUT2D eigenvalue weighted by Gasteiger charge is 2.26. The zero-order chi connectivity index (χ0) is 10.8. The molecule has 15 heavy (non-hydrogen) atoms. The molecule has 1 aliphatic heterocycles. The standard InChI is InChI=1S/C11H12O4/c1-14-8-5-6-15-9-4-2-3-7(10(8)9)11(12)13/h2-4,8H,5-6H2,1H3,(H,12,13). The summed E-state index contributed by atoms with van der Waals surface area (Å²) in [5, 5.41) is 9.04. The Morgan fingerprint density at radius 2 is 2.40 bits per heavy atom. The number of benzene rings is 1. The molecule has 0 saturated carbocycles. The van der Waals surface area contributed by atoms with Crippen molar-refractivity contribution in [3.05, 3.63) is 29.3 Å². The van der Waals surface area contributed by atoms with Crippen LogP contribution in [0.5, 0.6) is 5.75 Å². The average molecular weight is 208 g/mol. The minimum absolute atomic E-state index is 0.180. The van der Waals surface area contributed by atoms with Gasteiger partial charge < -0.3 is 14.6 Å². The highest BCUT2D eigenvalue weighted by atomic mass is 16.5. The number of ether oxygens (including phenoxy) is 2. The monoisotopic (exact) mass is 208 g/mol. The van der Waals surface area contributed by atoms with E-state index in [1.54, 1.807) is 25.3 Å². The summed E-state index contributed by atoms with van der Waals surface area (Å²) in [6, 6.07) is 5.02. The largest absolute Gasteiger partial charge is 0.493 e. The number of carboxylic acid groups (broad SMARTS) is 1. The molecule has 80 valence electrons. The summed E-state index contributed by atoms with van der Waals surface area (Å²) in [6.07, 6.45) is 0.509. The van der Waals surface area contributed by atoms with Gasteiger partial charge in [-0.1, -0.05) is 6.07 Å². The Labute approximate surface area is 87.4 Å². The Balaban J connectivity index is 2.54. The Morgan fingerprint density at radius 1 is 1.60 bits per heavy atom. The molecular formula is C11H12O4. The van der Waals surface area contributed by atoms with Crippen molar-refractivity contribution in [3.8, 4) is 5.75 Å². The zero-order valence-corrected chi connectivity index (χ0v) is 8.40. The van der Waals surface area contributed by atoms with Crippen LogP contribution in [0.4, 0.5) is 0 Å². The van der Waals surface area contributed by atoms with Gasteiger partial charge in [0.05, 0.1) is 18.3 Å². The first-order chi connectivity index (χ1) is 7.24. The Kier molecular flexibility index (Phi) is 2.60. The number of aromatic carboxylic acids is 1. The van der Waals surface area contributed by atoms with Gasteiger partial charge in [-0.2, -0.15) is 0 Å². The maximum Gasteiger partial charge on any atom is 0.336 e. The molecule has 0 bridgehead atoms. The van der Waals surface area contributed by atoms with Crippen molar-refractivity contribution < 1.29 is 19.4 Å². The molecule has 1 aromatic rings. The van der Waals surface area contributed by atoms with Gasteiger partial charge in [0, 0.05) is 19.1 Å². The lowest BCUT2D eigenvalue weighted by molar-refractivity contribution is 0.0570. The molecule has 2 rings (SSSR count). The second-order valence-electron chi connectivity index (χ2n) is 3.38. The SMILES string of the molecule is COC1CCOc2cccc(C(=O)O)c21. The molecule has 0 radical (unpaired) electrons. The topological polar surface area (TPSA) is 55.8 Å². The highest BCUT2D eigenvalue weighted by Crippen LogP contribution is 2.36. The van der Waals surface area contributed by atoms with Gasteiger partial charge in [-0.05, 0) is 12.1 Å². The van der Waals surface area contributed by atoms with Gasteiger partial charge in [0.25, 0.3) is 0 Å². The van der Waals surface area contributed by atoms with Gasteiger partial charge in [-0.15, -0.1) is 0 Å². The first-order valence-corrected chi connectivity index (χ1v) is 4.76. The molecule has 0 aromatic heterocycles. The predicted molar refractivity (Wildman–Crippen MR) is 53.3 cm³/mol. The molecule has 1 unspecified atom stereocenters. The maximum atomic E-state index is 11.0. The number of hydrogen-bond donors (Lipinski definition) is 1. The summed E-state index contributed by atoms with van der Waals surface area (Å²) in [5.74, 6) is -0.326. The zero-order valence-electron chi connectivity index (χ0n) is 8.40. The third kappa shape index (κ3) is 1.68. The molecule has 0 amide bonds. The molecule has 1 N–H and O–H groups in total. The quantitative estimate of drug-likeness (QED) is 0.805. The summed E-state index contributed by atoms with van der Waals surface area (Å²) in [7, 11) is 1.58. The van der Waals surface area contributed by atoms with Crippen LogP contribution in [-0.2, 0) is 4.74 Å². The van der Waals surface area contributed by atoms with Crippen LogP contribution in [0.1, 0.15) is 28.4 Å². The third-order valence-corrected chi connectivity index (χ3v) is 2.54. The van der Waals surface area contributed by atoms with Gasteiger partial charge >= 0.3 is 5.97 Å². The van der Waals surface area contributed by atoms with Crippen LogP contribution >= 0.6 is 0 Å². The number of hydrogen-bond acceptors (Lipinski definition) is 3. The Morgan fingerprint density at radius 3 is 3.07 bits per heavy atom. The van der Waals surface area contributed by atoms with Crippen LogP contribution in [-0.4, -0.2) is 24.8 Å². The molecule has 0 spiro atoms. The summed E-state index contributed by atoms with van der Waals surface area (Å²) >= 11 is 0. The van der Waals surface area contributed by atoms with E-state index >= 15 is 0 Å². The molecule has 0 saturated heterocycles. The molecule has 4 nitrogen and oxygen atoms in total. The first kappa shape index (κ1) is 9.98. The van der Waals surface area contributed by atoms with E-state index in [9.17, 15) is 4.79 Å². The smallest absolute Gasteiger partial charge is 0.336 e. The summed E-state index contributed by atoms with van der Waals surface area (Å²) in [6.45, 7) is 0.564. The number of methoxy groups -OCH3 is 1. The van der Waals surface area contributed by atoms with Crippen LogP contribution in [0.2, 0.25) is 0 Å². The van der Waals surface area contributed by atoms with Crippen LogP contribution in [0.25, 0.3) is 0 Å². The van der Waals surface area contributed by atoms with Crippen LogP contribution in [0, 0.1) is 0 Å². The van der Waals surface area contributed by atoms with Crippen LogP contribution in [0.3, 0.4) is 0 Å². The Bertz CT molecular complexity index is 386. The van der Waals surface area contributed by atoms with Gasteiger partial charge in [0.15, 0.2) is 0 Å². The van der Waals surface area contributed by atoms with Crippen molar-refractivity contribution in [1.29, 1.82) is 0 Å². The lowest BCUT2D eigenvalue weighted by atomic mass is 9.97. The van der Waals surface area contributed by atoms with Crippen molar-refractivity contribution in [2.24, 2.45) is 0 Å². The van der Waals surface area contributed by atoms with Gasteiger partial charge in [-0.25, -0.2) is 4.79 Å². The van der Waals surface area contributed by atoms with E-state index in [2.05, 4.69) is 0 Å². The van der Waals surface area contributed by atoms with Crippen LogP contribution < -0.4 is 4.74 Å². The van der Waals surface area contributed by atoms with Crippen molar-refractivity contribution in [3.63, 3.8) is 0 Å². The van der Waals surface area contributed by atoms with E-state index in [0.29, 0.717) is 24.3 Å². The fourth-order valence-corrected chi connectivity index (χ4v) is 1.84. The number of fused-ring (bicyclic) bond motifs is 1. The van der Waals surface area contributed by atoms with Crippen molar-refractivity contribution in [2.45, 2.75) is 12.5 Å². The van der Waals surface area contributed by atoms with Gasteiger partial charge in [0.1, 0.15) is 5.75 Å². The molecule has 1 aromatic carbocycles. The lowest BCUT2D eigenvalue weighted by Gasteiger charge is -2.26. The van der Waals surface area contributed by atoms with E-state index in [1.165, 1.54) is 0 Å². The number of carboxylic acids is 1. The fraction of sp³-hybridized carbons (Fsp3) is 0.364. The molecule has 4 heteroatoms. The molecule has 1 atom stereocenters. The molecular weight excluding hydrogens is 196 g/mol. The van der Waals surface area contributed by atoms with E-state index < -0.39 is 5.97 Å². The molecule has 0 fully saturated rings. The maximum absolute atomic E-state index is 11.0. The Hall–Kier alpha value is -1.55. The highest BCUT2D eigenvalue weighted by molar-refractivity contribution is 5.90. The van der Waals surface area contributed by atoms with E-state index in [1.807, 2.05) is 0 Å². The minimum atomic E-state index is -0.945. The van der Waals surface area contributed by atoms with Crippen molar-refractivity contribution in [1.82, 2.24) is 0 Å². The average Bonchev–Trinajstić information content (AvgIpc) is 2.27. The second kappa shape index (κ2) is 3.90. The molecule has 0 aliphatic carbocycles. The normalized spacial score (nSPS) is 19.1. The summed E-state index contributed by atoms with van der Waals surface area (Å²) in [5.41, 5.74) is 0.915. The number of carbonyl (C=O) groups is 1. The van der Waals surface area contributed by atoms with Gasteiger partial charge in [-0.3, -0.25) is 0 Å². The van der Waals surface area contributed by atoms with E-state index in [4.69, 9.17) is 14.6 Å². The fourth-order valence-electron chi connectivity index (χ4n) is 1.84. The predicted octanol–water partition coefficient (Wildman–Crippen LogP) is 1.85. The summed E-state index contributed by atoms with van der Waals surface area (Å²) < 4.78 is 10.7. The van der Waals surface area contributed by atoms with Crippen molar-refractivity contribution in [2.75, 3.05) is 13.7 Å². The van der Waals surface area contributed by atoms with Crippen molar-refractivity contribution >= 4 is 5.97 Å². The first-order valence-electron chi connectivity index (χ1n) is 4.76. The molecule has 1 heterocycles. The van der Waals surface area contributed by atoms with E-state index in [-0.39, 0.29) is 11.7 Å². The second-order valence-corrected chi connectivity index (χ2v) is 3.38.